The third-order valence-electron chi connectivity index (χ3n) is 3.81. The highest BCUT2D eigenvalue weighted by atomic mass is 32.2. The first-order chi connectivity index (χ1) is 9.03. The van der Waals surface area contributed by atoms with E-state index in [1.165, 1.54) is 0 Å². The average Bonchev–Trinajstić information content (AvgIpc) is 2.76. The highest BCUT2D eigenvalue weighted by Crippen LogP contribution is 2.22. The monoisotopic (exact) mass is 285 g/mol. The molecular weight excluding hydrogens is 262 g/mol. The minimum Gasteiger partial charge on any atom is -0.335 e. The van der Waals surface area contributed by atoms with Gasteiger partial charge in [-0.2, -0.15) is 0 Å². The Bertz CT molecular complexity index is 502. The van der Waals surface area contributed by atoms with Gasteiger partial charge in [0, 0.05) is 32.0 Å². The van der Waals surface area contributed by atoms with Gasteiger partial charge in [0.05, 0.1) is 5.75 Å². The van der Waals surface area contributed by atoms with Crippen LogP contribution in [0, 0.1) is 12.8 Å². The normalized spacial score (nSPS) is 18.8. The SMILES string of the molecule is CCCS(=O)(=O)N1CCC(Cn2ccnc2C)CC1. The Hall–Kier alpha value is -0.880. The molecule has 0 spiro atoms. The zero-order valence-corrected chi connectivity index (χ0v) is 12.6. The molecule has 1 aliphatic rings. The molecule has 1 aliphatic heterocycles. The van der Waals surface area contributed by atoms with Crippen molar-refractivity contribution in [3.63, 3.8) is 0 Å². The minimum atomic E-state index is -3.01. The lowest BCUT2D eigenvalue weighted by molar-refractivity contribution is 0.252. The van der Waals surface area contributed by atoms with Gasteiger partial charge in [-0.3, -0.25) is 0 Å². The number of hydrogen-bond donors (Lipinski definition) is 0. The maximum absolute atomic E-state index is 12.0. The van der Waals surface area contributed by atoms with E-state index in [9.17, 15) is 8.42 Å². The zero-order valence-electron chi connectivity index (χ0n) is 11.7. The summed E-state index contributed by atoms with van der Waals surface area (Å²) in [7, 11) is -3.01. The van der Waals surface area contributed by atoms with Crippen LogP contribution in [0.25, 0.3) is 0 Å². The van der Waals surface area contributed by atoms with E-state index in [1.807, 2.05) is 26.2 Å². The molecule has 0 N–H and O–H groups in total. The van der Waals surface area contributed by atoms with Crippen LogP contribution >= 0.6 is 0 Å². The van der Waals surface area contributed by atoms with Gasteiger partial charge in [-0.05, 0) is 32.1 Å². The standard InChI is InChI=1S/C13H23N3O2S/c1-3-10-19(17,18)16-7-4-13(5-8-16)11-15-9-6-14-12(15)2/h6,9,13H,3-5,7-8,10-11H2,1-2H3. The Labute approximate surface area is 115 Å². The van der Waals surface area contributed by atoms with Crippen molar-refractivity contribution < 1.29 is 8.42 Å². The molecule has 0 atom stereocenters. The molecule has 0 amide bonds. The van der Waals surface area contributed by atoms with Crippen molar-refractivity contribution >= 4 is 10.0 Å². The molecule has 2 rings (SSSR count). The van der Waals surface area contributed by atoms with E-state index in [0.29, 0.717) is 25.4 Å². The molecule has 1 aromatic heterocycles. The van der Waals surface area contributed by atoms with Crippen molar-refractivity contribution in [2.75, 3.05) is 18.8 Å². The number of sulfonamides is 1. The van der Waals surface area contributed by atoms with E-state index >= 15 is 0 Å². The molecule has 0 aliphatic carbocycles. The number of nitrogens with zero attached hydrogens (tertiary/aromatic N) is 3. The summed E-state index contributed by atoms with van der Waals surface area (Å²) >= 11 is 0. The zero-order chi connectivity index (χ0) is 13.9. The summed E-state index contributed by atoms with van der Waals surface area (Å²) in [5.74, 6) is 1.86. The van der Waals surface area contributed by atoms with Crippen molar-refractivity contribution in [2.24, 2.45) is 5.92 Å². The molecule has 108 valence electrons. The minimum absolute atomic E-state index is 0.276. The first-order valence-electron chi connectivity index (χ1n) is 6.98. The summed E-state index contributed by atoms with van der Waals surface area (Å²) in [6.45, 7) is 6.20. The molecule has 0 aromatic carbocycles. The van der Waals surface area contributed by atoms with Crippen LogP contribution in [-0.2, 0) is 16.6 Å². The van der Waals surface area contributed by atoms with E-state index in [-0.39, 0.29) is 5.75 Å². The van der Waals surface area contributed by atoms with Gasteiger partial charge in [-0.25, -0.2) is 17.7 Å². The molecule has 19 heavy (non-hydrogen) atoms. The first kappa shape index (κ1) is 14.5. The Balaban J connectivity index is 1.88. The van der Waals surface area contributed by atoms with E-state index in [2.05, 4.69) is 9.55 Å². The van der Waals surface area contributed by atoms with E-state index in [4.69, 9.17) is 0 Å². The van der Waals surface area contributed by atoms with Crippen molar-refractivity contribution in [1.82, 2.24) is 13.9 Å². The number of piperidine rings is 1. The first-order valence-corrected chi connectivity index (χ1v) is 8.59. The number of aromatic nitrogens is 2. The van der Waals surface area contributed by atoms with Gasteiger partial charge < -0.3 is 4.57 Å². The number of hydrogen-bond acceptors (Lipinski definition) is 3. The van der Waals surface area contributed by atoms with Crippen LogP contribution in [0.1, 0.15) is 32.0 Å². The third-order valence-corrected chi connectivity index (χ3v) is 5.88. The van der Waals surface area contributed by atoms with Crippen LogP contribution in [0.15, 0.2) is 12.4 Å². The quantitative estimate of drug-likeness (QED) is 0.826. The van der Waals surface area contributed by atoms with Crippen molar-refractivity contribution in [2.45, 2.75) is 39.7 Å². The van der Waals surface area contributed by atoms with Crippen LogP contribution in [0.3, 0.4) is 0 Å². The fraction of sp³-hybridized carbons (Fsp3) is 0.769. The van der Waals surface area contributed by atoms with Gasteiger partial charge >= 0.3 is 0 Å². The second kappa shape index (κ2) is 6.05. The predicted octanol–water partition coefficient (Wildman–Crippen LogP) is 1.64. The summed E-state index contributed by atoms with van der Waals surface area (Å²) in [5, 5.41) is 0. The largest absolute Gasteiger partial charge is 0.335 e. The van der Waals surface area contributed by atoms with Crippen LogP contribution in [0.5, 0.6) is 0 Å². The highest BCUT2D eigenvalue weighted by molar-refractivity contribution is 7.89. The topological polar surface area (TPSA) is 55.2 Å². The smallest absolute Gasteiger partial charge is 0.214 e. The molecule has 0 radical (unpaired) electrons. The van der Waals surface area contributed by atoms with Crippen molar-refractivity contribution in [3.05, 3.63) is 18.2 Å². The number of rotatable bonds is 5. The van der Waals surface area contributed by atoms with E-state index in [0.717, 1.165) is 25.2 Å². The van der Waals surface area contributed by atoms with Crippen molar-refractivity contribution in [1.29, 1.82) is 0 Å². The number of aryl methyl sites for hydroxylation is 1. The van der Waals surface area contributed by atoms with Gasteiger partial charge in [0.1, 0.15) is 5.82 Å². The Morgan fingerprint density at radius 1 is 1.37 bits per heavy atom. The van der Waals surface area contributed by atoms with Crippen LogP contribution < -0.4 is 0 Å². The van der Waals surface area contributed by atoms with E-state index < -0.39 is 10.0 Å². The number of imidazole rings is 1. The summed E-state index contributed by atoms with van der Waals surface area (Å²) < 4.78 is 27.8. The summed E-state index contributed by atoms with van der Waals surface area (Å²) in [6, 6.07) is 0. The molecule has 2 heterocycles. The molecule has 6 heteroatoms. The molecule has 0 saturated carbocycles. The highest BCUT2D eigenvalue weighted by Gasteiger charge is 2.27. The fourth-order valence-corrected chi connectivity index (χ4v) is 4.17. The predicted molar refractivity (Wildman–Crippen MR) is 75.3 cm³/mol. The summed E-state index contributed by atoms with van der Waals surface area (Å²) in [6.07, 6.45) is 6.39. The Morgan fingerprint density at radius 2 is 2.05 bits per heavy atom. The summed E-state index contributed by atoms with van der Waals surface area (Å²) in [5.41, 5.74) is 0. The second-order valence-corrected chi connectivity index (χ2v) is 7.37. The molecule has 0 bridgehead atoms. The maximum atomic E-state index is 12.0. The molecule has 1 saturated heterocycles. The van der Waals surface area contributed by atoms with Gasteiger partial charge in [-0.15, -0.1) is 0 Å². The third kappa shape index (κ3) is 3.57. The molecule has 5 nitrogen and oxygen atoms in total. The van der Waals surface area contributed by atoms with Gasteiger partial charge in [0.15, 0.2) is 0 Å². The van der Waals surface area contributed by atoms with Crippen LogP contribution in [0.2, 0.25) is 0 Å². The Kier molecular flexibility index (Phi) is 4.62. The lowest BCUT2D eigenvalue weighted by atomic mass is 9.98. The van der Waals surface area contributed by atoms with Gasteiger partial charge in [0.25, 0.3) is 0 Å². The summed E-state index contributed by atoms with van der Waals surface area (Å²) in [4.78, 5) is 4.22. The molecule has 0 unspecified atom stereocenters. The lowest BCUT2D eigenvalue weighted by Crippen LogP contribution is -2.40. The molecular formula is C13H23N3O2S. The fourth-order valence-electron chi connectivity index (χ4n) is 2.63. The van der Waals surface area contributed by atoms with Gasteiger partial charge in [-0.1, -0.05) is 6.92 Å². The van der Waals surface area contributed by atoms with Crippen molar-refractivity contribution in [3.8, 4) is 0 Å². The Morgan fingerprint density at radius 3 is 2.58 bits per heavy atom. The van der Waals surface area contributed by atoms with Crippen LogP contribution in [-0.4, -0.2) is 41.1 Å². The van der Waals surface area contributed by atoms with Crippen LogP contribution in [0.4, 0.5) is 0 Å². The van der Waals surface area contributed by atoms with E-state index in [1.54, 1.807) is 4.31 Å². The molecule has 1 fully saturated rings. The average molecular weight is 285 g/mol. The molecule has 1 aromatic rings. The maximum Gasteiger partial charge on any atom is 0.214 e. The second-order valence-electron chi connectivity index (χ2n) is 5.29. The lowest BCUT2D eigenvalue weighted by Gasteiger charge is -2.31. The van der Waals surface area contributed by atoms with Gasteiger partial charge in [0.2, 0.25) is 10.0 Å².